The van der Waals surface area contributed by atoms with Crippen molar-refractivity contribution >= 4 is 28.9 Å². The molecule has 10 nitrogen and oxygen atoms in total. The number of hydrogen-bond donors (Lipinski definition) is 0. The van der Waals surface area contributed by atoms with Crippen LogP contribution in [-0.2, 0) is 20.8 Å². The Morgan fingerprint density at radius 2 is 1.71 bits per heavy atom. The number of esters is 2. The first kappa shape index (κ1) is 33.8. The number of aryl methyl sites for hydroxylation is 1. The van der Waals surface area contributed by atoms with Crippen LogP contribution in [0.4, 0.5) is 18.0 Å². The fourth-order valence-corrected chi connectivity index (χ4v) is 5.62. The highest BCUT2D eigenvalue weighted by molar-refractivity contribution is 5.95. The second kappa shape index (κ2) is 13.1. The van der Waals surface area contributed by atoms with Gasteiger partial charge in [0, 0.05) is 56.3 Å². The summed E-state index contributed by atoms with van der Waals surface area (Å²) in [5, 5.41) is 0.732. The number of halogens is 3. The summed E-state index contributed by atoms with van der Waals surface area (Å²) in [5.41, 5.74) is 1.98. The lowest BCUT2D eigenvalue weighted by Gasteiger charge is -2.42. The number of fused-ring (bicyclic) bond motifs is 1. The van der Waals surface area contributed by atoms with Crippen LogP contribution in [-0.4, -0.2) is 84.6 Å². The maximum Gasteiger partial charge on any atom is 0.419 e. The van der Waals surface area contributed by atoms with E-state index >= 15 is 0 Å². The monoisotopic (exact) mass is 633 g/mol. The van der Waals surface area contributed by atoms with Crippen LogP contribution in [0.5, 0.6) is 11.5 Å². The van der Waals surface area contributed by atoms with Crippen molar-refractivity contribution in [3.05, 3.63) is 58.8 Å². The van der Waals surface area contributed by atoms with Crippen LogP contribution in [0.1, 0.15) is 60.8 Å². The Morgan fingerprint density at radius 1 is 1.00 bits per heavy atom. The van der Waals surface area contributed by atoms with Crippen molar-refractivity contribution in [1.82, 2.24) is 14.4 Å². The minimum Gasteiger partial charge on any atom is -0.496 e. The van der Waals surface area contributed by atoms with Crippen LogP contribution in [0, 0.1) is 6.92 Å². The maximum absolute atomic E-state index is 13.5. The first-order valence-electron chi connectivity index (χ1n) is 14.4. The van der Waals surface area contributed by atoms with Crippen LogP contribution in [0.3, 0.4) is 0 Å². The van der Waals surface area contributed by atoms with Gasteiger partial charge in [-0.3, -0.25) is 19.2 Å². The predicted molar refractivity (Wildman–Crippen MR) is 160 cm³/mol. The van der Waals surface area contributed by atoms with Crippen molar-refractivity contribution in [2.24, 2.45) is 0 Å². The van der Waals surface area contributed by atoms with Crippen molar-refractivity contribution < 1.29 is 46.5 Å². The number of piperazine rings is 1. The molecular formula is C32H38F3N3O7. The molecule has 1 aliphatic heterocycles. The third-order valence-corrected chi connectivity index (χ3v) is 7.43. The third kappa shape index (κ3) is 7.95. The van der Waals surface area contributed by atoms with Gasteiger partial charge in [0.15, 0.2) is 0 Å². The zero-order valence-corrected chi connectivity index (χ0v) is 26.4. The predicted octanol–water partition coefficient (Wildman–Crippen LogP) is 5.87. The molecular weight excluding hydrogens is 595 g/mol. The Hall–Kier alpha value is -4.10. The molecule has 0 bridgehead atoms. The number of hydrogen-bond acceptors (Lipinski definition) is 9. The standard InChI is InChI=1S/C32H38F3N3O7/c1-19-14-26(42-6)24(22-10-11-38(28(19)22)30(41)45-31(3,4)5)16-37-13-12-36(18-32(33,34)35)17-25(37)21-8-9-23(29(40)43-7)27(15-21)44-20(2)39/h8-11,14-15,25H,12-13,16-18H2,1-7H3. The second-order valence-corrected chi connectivity index (χ2v) is 12.0. The molecule has 0 amide bonds. The molecule has 1 atom stereocenters. The van der Waals surface area contributed by atoms with Crippen molar-refractivity contribution in [1.29, 1.82) is 0 Å². The van der Waals surface area contributed by atoms with Gasteiger partial charge in [-0.2, -0.15) is 13.2 Å². The van der Waals surface area contributed by atoms with Gasteiger partial charge in [0.1, 0.15) is 22.7 Å². The summed E-state index contributed by atoms with van der Waals surface area (Å²) in [5.74, 6) is -0.888. The first-order valence-corrected chi connectivity index (χ1v) is 14.4. The quantitative estimate of drug-likeness (QED) is 0.234. The molecule has 0 N–H and O–H groups in total. The number of carbonyl (C=O) groups is 3. The molecule has 244 valence electrons. The summed E-state index contributed by atoms with van der Waals surface area (Å²) in [6.45, 7) is 7.94. The summed E-state index contributed by atoms with van der Waals surface area (Å²) >= 11 is 0. The Labute approximate surface area is 259 Å². The fraction of sp³-hybridized carbons (Fsp3) is 0.469. The van der Waals surface area contributed by atoms with Gasteiger partial charge in [-0.15, -0.1) is 0 Å². The zero-order valence-electron chi connectivity index (χ0n) is 26.4. The molecule has 2 heterocycles. The number of benzene rings is 2. The Balaban J connectivity index is 1.80. The van der Waals surface area contributed by atoms with Crippen LogP contribution >= 0.6 is 0 Å². The second-order valence-electron chi connectivity index (χ2n) is 12.0. The van der Waals surface area contributed by atoms with E-state index in [1.807, 2.05) is 17.9 Å². The van der Waals surface area contributed by atoms with E-state index < -0.39 is 42.4 Å². The van der Waals surface area contributed by atoms with E-state index in [1.54, 1.807) is 39.1 Å². The van der Waals surface area contributed by atoms with E-state index in [1.165, 1.54) is 42.7 Å². The number of carbonyl (C=O) groups excluding carboxylic acids is 3. The number of rotatable bonds is 7. The smallest absolute Gasteiger partial charge is 0.419 e. The fourth-order valence-electron chi connectivity index (χ4n) is 5.62. The number of alkyl halides is 3. The summed E-state index contributed by atoms with van der Waals surface area (Å²) in [6, 6.07) is 7.56. The SMILES string of the molecule is COC(=O)c1ccc(C2CN(CC(F)(F)F)CCN2Cc2c(OC)cc(C)c3c2ccn3C(=O)OC(C)(C)C)cc1OC(C)=O. The number of aromatic nitrogens is 1. The zero-order chi connectivity index (χ0) is 33.3. The topological polar surface area (TPSA) is 99.5 Å². The lowest BCUT2D eigenvalue weighted by atomic mass is 9.97. The molecule has 2 aromatic carbocycles. The van der Waals surface area contributed by atoms with Gasteiger partial charge >= 0.3 is 24.2 Å². The number of ether oxygens (including phenoxy) is 4. The van der Waals surface area contributed by atoms with Crippen molar-refractivity contribution in [2.45, 2.75) is 59.0 Å². The largest absolute Gasteiger partial charge is 0.496 e. The van der Waals surface area contributed by atoms with Crippen molar-refractivity contribution in [3.63, 3.8) is 0 Å². The molecule has 1 saturated heterocycles. The van der Waals surface area contributed by atoms with Crippen LogP contribution in [0.25, 0.3) is 10.9 Å². The molecule has 1 fully saturated rings. The molecule has 3 aromatic rings. The van der Waals surface area contributed by atoms with E-state index in [0.717, 1.165) is 16.5 Å². The molecule has 1 aliphatic rings. The van der Waals surface area contributed by atoms with E-state index in [0.29, 0.717) is 16.8 Å². The maximum atomic E-state index is 13.5. The van der Waals surface area contributed by atoms with Gasteiger partial charge in [0.25, 0.3) is 0 Å². The molecule has 0 aliphatic carbocycles. The van der Waals surface area contributed by atoms with Gasteiger partial charge in [0.2, 0.25) is 0 Å². The molecule has 4 rings (SSSR count). The van der Waals surface area contributed by atoms with E-state index in [4.69, 9.17) is 18.9 Å². The third-order valence-electron chi connectivity index (χ3n) is 7.43. The lowest BCUT2D eigenvalue weighted by Crippen LogP contribution is -2.50. The summed E-state index contributed by atoms with van der Waals surface area (Å²) in [4.78, 5) is 40.6. The minimum atomic E-state index is -4.40. The summed E-state index contributed by atoms with van der Waals surface area (Å²) < 4.78 is 63.3. The Kier molecular flexibility index (Phi) is 9.83. The number of methoxy groups -OCH3 is 2. The molecule has 1 aromatic heterocycles. The Bertz CT molecular complexity index is 1590. The highest BCUT2D eigenvalue weighted by Gasteiger charge is 2.37. The molecule has 0 spiro atoms. The van der Waals surface area contributed by atoms with E-state index in [2.05, 4.69) is 0 Å². The minimum absolute atomic E-state index is 0.00678. The average molecular weight is 634 g/mol. The van der Waals surface area contributed by atoms with Gasteiger partial charge in [-0.25, -0.2) is 9.59 Å². The molecule has 1 unspecified atom stereocenters. The van der Waals surface area contributed by atoms with Crippen LogP contribution in [0.2, 0.25) is 0 Å². The van der Waals surface area contributed by atoms with E-state index in [-0.39, 0.29) is 37.5 Å². The molecule has 13 heteroatoms. The highest BCUT2D eigenvalue weighted by atomic mass is 19.4. The summed E-state index contributed by atoms with van der Waals surface area (Å²) in [6.07, 6.45) is -3.31. The van der Waals surface area contributed by atoms with Gasteiger partial charge < -0.3 is 18.9 Å². The molecule has 0 radical (unpaired) electrons. The van der Waals surface area contributed by atoms with Gasteiger partial charge in [0.05, 0.1) is 26.3 Å². The molecule has 45 heavy (non-hydrogen) atoms. The van der Waals surface area contributed by atoms with Gasteiger partial charge in [-0.05, 0) is 63.1 Å². The normalized spacial score (nSPS) is 16.4. The summed E-state index contributed by atoms with van der Waals surface area (Å²) in [7, 11) is 2.72. The Morgan fingerprint density at radius 3 is 2.31 bits per heavy atom. The highest BCUT2D eigenvalue weighted by Crippen LogP contribution is 2.38. The van der Waals surface area contributed by atoms with Crippen LogP contribution in [0.15, 0.2) is 36.5 Å². The van der Waals surface area contributed by atoms with E-state index in [9.17, 15) is 27.6 Å². The van der Waals surface area contributed by atoms with Crippen LogP contribution < -0.4 is 9.47 Å². The van der Waals surface area contributed by atoms with Crippen molar-refractivity contribution in [2.75, 3.05) is 40.4 Å². The average Bonchev–Trinajstić information content (AvgIpc) is 3.39. The first-order chi connectivity index (χ1) is 21.0. The lowest BCUT2D eigenvalue weighted by molar-refractivity contribution is -0.152. The van der Waals surface area contributed by atoms with Crippen molar-refractivity contribution in [3.8, 4) is 11.5 Å². The van der Waals surface area contributed by atoms with Gasteiger partial charge in [-0.1, -0.05) is 6.07 Å². The molecule has 0 saturated carbocycles. The number of nitrogens with zero attached hydrogens (tertiary/aromatic N) is 3.